The van der Waals surface area contributed by atoms with E-state index in [9.17, 15) is 9.59 Å². The van der Waals surface area contributed by atoms with Crippen LogP contribution >= 0.6 is 11.3 Å². The largest absolute Gasteiger partial charge is 0.489 e. The zero-order chi connectivity index (χ0) is 29.1. The number of aromatic nitrogens is 4. The fourth-order valence-corrected chi connectivity index (χ4v) is 6.61. The Morgan fingerprint density at radius 1 is 1.19 bits per heavy atom. The highest BCUT2D eigenvalue weighted by molar-refractivity contribution is 7.15. The number of piperidine rings is 1. The number of nitrogens with one attached hydrogen (secondary N) is 3. The number of nitrogens with zero attached hydrogens (tertiary/aromatic N) is 5. The average molecular weight is 593 g/mol. The fourth-order valence-electron chi connectivity index (χ4n) is 5.95. The number of hydrogen-bond donors (Lipinski definition) is 3. The molecule has 0 spiro atoms. The lowest BCUT2D eigenvalue weighted by molar-refractivity contribution is -0.127. The molecule has 1 atom stereocenters. The van der Waals surface area contributed by atoms with Crippen LogP contribution < -0.4 is 15.4 Å². The van der Waals surface area contributed by atoms with E-state index in [2.05, 4.69) is 42.7 Å². The predicted molar refractivity (Wildman–Crippen MR) is 164 cm³/mol. The Morgan fingerprint density at radius 3 is 2.79 bits per heavy atom. The number of thiazole rings is 1. The van der Waals surface area contributed by atoms with E-state index in [1.54, 1.807) is 18.5 Å². The van der Waals surface area contributed by atoms with E-state index >= 15 is 0 Å². The maximum Gasteiger partial charge on any atom is 0.246 e. The van der Waals surface area contributed by atoms with Gasteiger partial charge in [0.1, 0.15) is 11.1 Å². The quantitative estimate of drug-likeness (QED) is 0.297. The Balaban J connectivity index is 1.04. The first-order valence-corrected chi connectivity index (χ1v) is 15.9. The summed E-state index contributed by atoms with van der Waals surface area (Å²) in [7, 11) is 2.11. The molecule has 2 aliphatic carbocycles. The van der Waals surface area contributed by atoms with Gasteiger partial charge in [0, 0.05) is 61.0 Å². The summed E-state index contributed by atoms with van der Waals surface area (Å²) in [4.78, 5) is 39.6. The van der Waals surface area contributed by atoms with Crippen LogP contribution in [0.4, 0.5) is 10.9 Å². The van der Waals surface area contributed by atoms with Gasteiger partial charge >= 0.3 is 0 Å². The van der Waals surface area contributed by atoms with E-state index in [-0.39, 0.29) is 29.9 Å². The average Bonchev–Trinajstić information content (AvgIpc) is 3.66. The Morgan fingerprint density at radius 2 is 2.02 bits per heavy atom. The number of amides is 2. The predicted octanol–water partition coefficient (Wildman–Crippen LogP) is 4.35. The van der Waals surface area contributed by atoms with E-state index < -0.39 is 0 Å². The molecule has 3 aliphatic rings. The minimum Gasteiger partial charge on any atom is -0.489 e. The van der Waals surface area contributed by atoms with Crippen molar-refractivity contribution in [3.05, 3.63) is 35.5 Å². The lowest BCUT2D eigenvalue weighted by atomic mass is 9.87. The second kappa shape index (κ2) is 12.8. The molecular weight excluding hydrogens is 552 g/mol. The Kier molecular flexibility index (Phi) is 8.71. The van der Waals surface area contributed by atoms with Crippen LogP contribution in [0.1, 0.15) is 56.2 Å². The third-order valence-corrected chi connectivity index (χ3v) is 9.34. The highest BCUT2D eigenvalue weighted by Gasteiger charge is 2.30. The first-order valence-electron chi connectivity index (χ1n) is 15.1. The van der Waals surface area contributed by atoms with Gasteiger partial charge in [0.25, 0.3) is 0 Å². The van der Waals surface area contributed by atoms with Crippen molar-refractivity contribution in [2.45, 2.75) is 76.5 Å². The number of carbonyl (C=O) groups excluding carboxylic acids is 2. The Hall–Kier alpha value is -3.51. The second-order valence-corrected chi connectivity index (χ2v) is 13.0. The van der Waals surface area contributed by atoms with Crippen molar-refractivity contribution in [2.75, 3.05) is 37.3 Å². The second-order valence-electron chi connectivity index (χ2n) is 11.8. The normalized spacial score (nSPS) is 23.0. The number of H-pyrrole nitrogens is 1. The van der Waals surface area contributed by atoms with Crippen molar-refractivity contribution in [3.8, 4) is 5.75 Å². The molecular formula is C30H40N8O3S. The highest BCUT2D eigenvalue weighted by atomic mass is 32.1. The SMILES string of the molecule is Cc1cnc(NC(=O)[C@H]2CC[C@H](Oc3ccnc4[nH]nc(N[C@@H]5CCCN(C(=O)/C=C/CN(C)C6CC6)C5)c34)CC2)s1. The molecule has 6 rings (SSSR count). The molecule has 42 heavy (non-hydrogen) atoms. The third kappa shape index (κ3) is 6.92. The van der Waals surface area contributed by atoms with Crippen molar-refractivity contribution in [3.63, 3.8) is 0 Å². The molecule has 4 heterocycles. The minimum absolute atomic E-state index is 0.0121. The molecule has 0 unspecified atom stereocenters. The van der Waals surface area contributed by atoms with Crippen LogP contribution in [0, 0.1) is 12.8 Å². The number of likely N-dealkylation sites (tertiary alicyclic amines) is 1. The molecule has 0 aromatic carbocycles. The van der Waals surface area contributed by atoms with E-state index in [4.69, 9.17) is 4.74 Å². The van der Waals surface area contributed by atoms with Gasteiger partial charge in [-0.05, 0) is 71.4 Å². The van der Waals surface area contributed by atoms with E-state index in [1.165, 1.54) is 24.2 Å². The number of carbonyl (C=O) groups is 2. The van der Waals surface area contributed by atoms with Gasteiger partial charge in [-0.3, -0.25) is 19.6 Å². The fraction of sp³-hybridized carbons (Fsp3) is 0.567. The van der Waals surface area contributed by atoms with Gasteiger partial charge in [-0.1, -0.05) is 6.08 Å². The van der Waals surface area contributed by atoms with Crippen molar-refractivity contribution in [2.24, 2.45) is 5.92 Å². The zero-order valence-corrected chi connectivity index (χ0v) is 25.2. The van der Waals surface area contributed by atoms with Crippen LogP contribution in [-0.2, 0) is 9.59 Å². The molecule has 0 radical (unpaired) electrons. The summed E-state index contributed by atoms with van der Waals surface area (Å²) in [6.45, 7) is 4.18. The van der Waals surface area contributed by atoms with E-state index in [1.807, 2.05) is 24.0 Å². The Labute approximate surface area is 250 Å². The van der Waals surface area contributed by atoms with E-state index in [0.717, 1.165) is 67.6 Å². The summed E-state index contributed by atoms with van der Waals surface area (Å²) in [5.74, 6) is 1.49. The van der Waals surface area contributed by atoms with E-state index in [0.29, 0.717) is 29.2 Å². The first-order chi connectivity index (χ1) is 20.4. The highest BCUT2D eigenvalue weighted by Crippen LogP contribution is 2.35. The number of rotatable bonds is 10. The van der Waals surface area contributed by atoms with Gasteiger partial charge in [-0.2, -0.15) is 5.10 Å². The standard InChI is InChI=1S/C30H40N8O3S/c1-19-17-32-30(42-19)34-29(40)20-7-11-23(12-8-20)41-24-13-14-31-27-26(24)28(36-35-27)33-21-5-3-16-38(18-21)25(39)6-4-15-37(2)22-9-10-22/h4,6,13-14,17,20-23H,3,5,7-12,15-16,18H2,1-2H3,(H,32,34,40)(H2,31,33,35,36)/b6-4+/t20-,21-,23-/m1/s1. The van der Waals surface area contributed by atoms with Crippen molar-refractivity contribution >= 4 is 45.1 Å². The molecule has 3 aromatic heterocycles. The molecule has 12 heteroatoms. The zero-order valence-electron chi connectivity index (χ0n) is 24.3. The number of likely N-dealkylation sites (N-methyl/N-ethyl adjacent to an activating group) is 1. The molecule has 1 saturated heterocycles. The number of anilines is 2. The number of fused-ring (bicyclic) bond motifs is 1. The number of aromatic amines is 1. The number of hydrogen-bond acceptors (Lipinski definition) is 9. The third-order valence-electron chi connectivity index (χ3n) is 8.51. The lowest BCUT2D eigenvalue weighted by Crippen LogP contribution is -2.44. The molecule has 2 amide bonds. The van der Waals surface area contributed by atoms with Crippen LogP contribution in [0.3, 0.4) is 0 Å². The van der Waals surface area contributed by atoms with Crippen LogP contribution in [0.5, 0.6) is 5.75 Å². The maximum absolute atomic E-state index is 12.9. The van der Waals surface area contributed by atoms with Crippen LogP contribution in [0.25, 0.3) is 11.0 Å². The number of aryl methyl sites for hydroxylation is 1. The summed E-state index contributed by atoms with van der Waals surface area (Å²) in [6.07, 6.45) is 14.7. The first kappa shape index (κ1) is 28.6. The summed E-state index contributed by atoms with van der Waals surface area (Å²) in [6, 6.07) is 2.65. The van der Waals surface area contributed by atoms with Gasteiger partial charge in [0.05, 0.1) is 6.10 Å². The summed E-state index contributed by atoms with van der Waals surface area (Å²) in [5, 5.41) is 15.6. The molecule has 3 N–H and O–H groups in total. The monoisotopic (exact) mass is 592 g/mol. The minimum atomic E-state index is -0.0384. The number of pyridine rings is 1. The van der Waals surface area contributed by atoms with Crippen LogP contribution in [0.15, 0.2) is 30.6 Å². The van der Waals surface area contributed by atoms with Gasteiger partial charge in [-0.25, -0.2) is 9.97 Å². The van der Waals surface area contributed by atoms with Crippen LogP contribution in [-0.4, -0.2) is 86.6 Å². The molecule has 2 saturated carbocycles. The van der Waals surface area contributed by atoms with Crippen molar-refractivity contribution in [1.29, 1.82) is 0 Å². The topological polar surface area (TPSA) is 128 Å². The maximum atomic E-state index is 12.9. The molecule has 3 aromatic rings. The van der Waals surface area contributed by atoms with Gasteiger partial charge in [0.15, 0.2) is 16.6 Å². The molecule has 224 valence electrons. The van der Waals surface area contributed by atoms with Crippen molar-refractivity contribution in [1.82, 2.24) is 30.0 Å². The molecule has 11 nitrogen and oxygen atoms in total. The van der Waals surface area contributed by atoms with Gasteiger partial charge in [-0.15, -0.1) is 11.3 Å². The molecule has 3 fully saturated rings. The lowest BCUT2D eigenvalue weighted by Gasteiger charge is -2.32. The summed E-state index contributed by atoms with van der Waals surface area (Å²) < 4.78 is 6.49. The summed E-state index contributed by atoms with van der Waals surface area (Å²) >= 11 is 1.49. The Bertz CT molecular complexity index is 1420. The number of ether oxygens (including phenoxy) is 1. The molecule has 0 bridgehead atoms. The van der Waals surface area contributed by atoms with Gasteiger partial charge in [0.2, 0.25) is 11.8 Å². The van der Waals surface area contributed by atoms with Crippen molar-refractivity contribution < 1.29 is 14.3 Å². The van der Waals surface area contributed by atoms with Gasteiger partial charge < -0.3 is 20.3 Å². The molecule has 1 aliphatic heterocycles. The smallest absolute Gasteiger partial charge is 0.246 e. The summed E-state index contributed by atoms with van der Waals surface area (Å²) in [5.41, 5.74) is 0.660. The van der Waals surface area contributed by atoms with Crippen LogP contribution in [0.2, 0.25) is 0 Å².